The molecule has 9 heteroatoms. The number of aryl methyl sites for hydroxylation is 1. The first kappa shape index (κ1) is 29.9. The number of sulfonamides is 1. The highest BCUT2D eigenvalue weighted by atomic mass is 35.5. The first-order chi connectivity index (χ1) is 19.4. The molecule has 2 aromatic carbocycles. The van der Waals surface area contributed by atoms with Gasteiger partial charge in [0.2, 0.25) is 10.0 Å². The number of amides is 1. The van der Waals surface area contributed by atoms with Crippen LogP contribution in [-0.2, 0) is 23.1 Å². The van der Waals surface area contributed by atoms with Gasteiger partial charge in [-0.25, -0.2) is 13.1 Å². The van der Waals surface area contributed by atoms with Gasteiger partial charge in [-0.05, 0) is 96.7 Å². The van der Waals surface area contributed by atoms with Crippen molar-refractivity contribution in [1.29, 1.82) is 0 Å². The minimum atomic E-state index is -3.92. The van der Waals surface area contributed by atoms with Crippen LogP contribution in [0.25, 0.3) is 0 Å². The molecule has 1 fully saturated rings. The summed E-state index contributed by atoms with van der Waals surface area (Å²) in [6, 6.07) is 11.0. The fourth-order valence-electron chi connectivity index (χ4n) is 6.17. The van der Waals surface area contributed by atoms with E-state index in [9.17, 15) is 18.3 Å². The van der Waals surface area contributed by atoms with Gasteiger partial charge in [-0.15, -0.1) is 0 Å². The Hall–Kier alpha value is -2.55. The van der Waals surface area contributed by atoms with Crippen LogP contribution in [0, 0.1) is 23.2 Å². The number of nitrogens with zero attached hydrogens (tertiary/aromatic N) is 1. The molecule has 7 nitrogen and oxygen atoms in total. The number of fused-ring (bicyclic) bond motifs is 3. The second-order valence-electron chi connectivity index (χ2n) is 12.6. The Labute approximate surface area is 249 Å². The molecule has 1 amide bonds. The SMILES string of the molecule is C[C@@H]1/C=C/[C@@H](O)[C@@H]2CC[C@H]2CN2CCCCc3cc(Cl)ccc3COc3ccc(cc32)C(=O)NS(=O)(=O)CC1(C)C. The number of aliphatic hydroxyl groups is 1. The summed E-state index contributed by atoms with van der Waals surface area (Å²) < 4.78 is 34.9. The fraction of sp³-hybridized carbons (Fsp3) is 0.531. The number of carbonyl (C=O) groups is 1. The molecule has 2 N–H and O–H groups in total. The van der Waals surface area contributed by atoms with Crippen molar-refractivity contribution in [3.05, 3.63) is 70.3 Å². The summed E-state index contributed by atoms with van der Waals surface area (Å²) >= 11 is 6.30. The normalized spacial score (nSPS) is 28.9. The lowest BCUT2D eigenvalue weighted by Crippen LogP contribution is -2.43. The molecular formula is C32H41ClN2O5S. The molecule has 0 unspecified atom stereocenters. The van der Waals surface area contributed by atoms with Crippen LogP contribution >= 0.6 is 11.6 Å². The lowest BCUT2D eigenvalue weighted by atomic mass is 9.70. The van der Waals surface area contributed by atoms with Crippen molar-refractivity contribution in [1.82, 2.24) is 4.72 Å². The van der Waals surface area contributed by atoms with E-state index in [1.807, 2.05) is 51.1 Å². The zero-order chi connectivity index (χ0) is 29.4. The maximum Gasteiger partial charge on any atom is 0.264 e. The number of hydrogen-bond donors (Lipinski definition) is 2. The van der Waals surface area contributed by atoms with Crippen molar-refractivity contribution < 1.29 is 23.1 Å². The average Bonchev–Trinajstić information content (AvgIpc) is 2.91. The molecule has 1 saturated carbocycles. The molecular weight excluding hydrogens is 560 g/mol. The predicted molar refractivity (Wildman–Crippen MR) is 163 cm³/mol. The van der Waals surface area contributed by atoms with Gasteiger partial charge in [-0.1, -0.05) is 50.6 Å². The van der Waals surface area contributed by atoms with Crippen LogP contribution in [0.3, 0.4) is 0 Å². The molecule has 5 rings (SSSR count). The van der Waals surface area contributed by atoms with Crippen molar-refractivity contribution >= 4 is 33.2 Å². The summed E-state index contributed by atoms with van der Waals surface area (Å²) in [6.45, 7) is 7.51. The van der Waals surface area contributed by atoms with E-state index >= 15 is 0 Å². The van der Waals surface area contributed by atoms with Crippen molar-refractivity contribution in [2.75, 3.05) is 23.7 Å². The maximum absolute atomic E-state index is 13.3. The van der Waals surface area contributed by atoms with E-state index in [1.165, 1.54) is 5.56 Å². The van der Waals surface area contributed by atoms with E-state index in [2.05, 4.69) is 9.62 Å². The number of nitrogens with one attached hydrogen (secondary N) is 1. The number of carbonyl (C=O) groups excluding carboxylic acids is 1. The van der Waals surface area contributed by atoms with Gasteiger partial charge in [0, 0.05) is 23.7 Å². The smallest absolute Gasteiger partial charge is 0.264 e. The van der Waals surface area contributed by atoms with Gasteiger partial charge in [0.25, 0.3) is 5.91 Å². The van der Waals surface area contributed by atoms with Gasteiger partial charge >= 0.3 is 0 Å². The summed E-state index contributed by atoms with van der Waals surface area (Å²) in [5, 5.41) is 11.8. The van der Waals surface area contributed by atoms with E-state index < -0.39 is 27.4 Å². The summed E-state index contributed by atoms with van der Waals surface area (Å²) in [7, 11) is -3.92. The third kappa shape index (κ3) is 6.92. The lowest BCUT2D eigenvalue weighted by Gasteiger charge is -2.43. The zero-order valence-corrected chi connectivity index (χ0v) is 25.7. The standard InChI is InChI=1S/C32H41ClN2O5S/c1-21-7-13-29(36)27-12-9-24(27)18-35-15-5-4-6-22-16-26(33)11-8-25(22)19-40-30-14-10-23(17-28(30)35)31(37)34-41(38,39)20-32(21,2)3/h7-8,10-11,13-14,16-17,21,24,27,29,36H,4-6,9,12,15,18-20H2,1-3H3,(H,34,37)/b13-7+/t21-,24+,27-,29-/m1/s1. The van der Waals surface area contributed by atoms with Crippen molar-refractivity contribution in [2.45, 2.75) is 65.6 Å². The predicted octanol–water partition coefficient (Wildman–Crippen LogP) is 5.74. The fourth-order valence-corrected chi connectivity index (χ4v) is 8.08. The number of halogens is 1. The van der Waals surface area contributed by atoms with E-state index in [0.29, 0.717) is 17.4 Å². The number of allylic oxidation sites excluding steroid dienone is 1. The number of hydrogen-bond acceptors (Lipinski definition) is 6. The van der Waals surface area contributed by atoms with Gasteiger partial charge in [0.1, 0.15) is 12.4 Å². The first-order valence-electron chi connectivity index (χ1n) is 14.6. The van der Waals surface area contributed by atoms with Crippen molar-refractivity contribution in [3.63, 3.8) is 0 Å². The number of rotatable bonds is 0. The number of aliphatic hydroxyl groups excluding tert-OH is 1. The summed E-state index contributed by atoms with van der Waals surface area (Å²) in [6.07, 6.45) is 7.90. The monoisotopic (exact) mass is 600 g/mol. The highest BCUT2D eigenvalue weighted by molar-refractivity contribution is 7.90. The molecule has 1 aliphatic carbocycles. The molecule has 4 atom stereocenters. The van der Waals surface area contributed by atoms with Crippen LogP contribution in [0.4, 0.5) is 5.69 Å². The largest absolute Gasteiger partial charge is 0.487 e. The molecule has 0 saturated heterocycles. The summed E-state index contributed by atoms with van der Waals surface area (Å²) in [4.78, 5) is 15.6. The van der Waals surface area contributed by atoms with E-state index in [4.69, 9.17) is 16.3 Å². The molecule has 2 bridgehead atoms. The van der Waals surface area contributed by atoms with Crippen LogP contribution in [-0.4, -0.2) is 44.4 Å². The second-order valence-corrected chi connectivity index (χ2v) is 14.8. The Bertz CT molecular complexity index is 1420. The molecule has 0 spiro atoms. The van der Waals surface area contributed by atoms with E-state index in [-0.39, 0.29) is 29.1 Å². The first-order valence-corrected chi connectivity index (χ1v) is 16.7. The van der Waals surface area contributed by atoms with Gasteiger partial charge < -0.3 is 14.7 Å². The van der Waals surface area contributed by atoms with Crippen molar-refractivity contribution in [3.8, 4) is 5.75 Å². The third-order valence-corrected chi connectivity index (χ3v) is 11.1. The molecule has 0 radical (unpaired) electrons. The summed E-state index contributed by atoms with van der Waals surface area (Å²) in [5.41, 5.74) is 2.63. The lowest BCUT2D eigenvalue weighted by molar-refractivity contribution is 0.0457. The summed E-state index contributed by atoms with van der Waals surface area (Å²) in [5.74, 6) is 0.0625. The molecule has 2 aromatic rings. The second kappa shape index (κ2) is 12.0. The zero-order valence-electron chi connectivity index (χ0n) is 24.1. The van der Waals surface area contributed by atoms with Crippen molar-refractivity contribution in [2.24, 2.45) is 23.2 Å². The molecule has 2 heterocycles. The number of anilines is 1. The number of benzene rings is 2. The van der Waals surface area contributed by atoms with Crippen LogP contribution in [0.5, 0.6) is 5.75 Å². The Balaban J connectivity index is 1.54. The average molecular weight is 601 g/mol. The highest BCUT2D eigenvalue weighted by Crippen LogP contribution is 2.41. The van der Waals surface area contributed by atoms with Crippen LogP contribution in [0.2, 0.25) is 5.02 Å². The highest BCUT2D eigenvalue weighted by Gasteiger charge is 2.38. The minimum absolute atomic E-state index is 0.122. The Morgan fingerprint density at radius 1 is 1.07 bits per heavy atom. The minimum Gasteiger partial charge on any atom is -0.487 e. The molecule has 222 valence electrons. The molecule has 41 heavy (non-hydrogen) atoms. The molecule has 0 aromatic heterocycles. The molecule has 3 aliphatic rings. The van der Waals surface area contributed by atoms with E-state index in [0.717, 1.165) is 56.4 Å². The van der Waals surface area contributed by atoms with Gasteiger partial charge in [-0.3, -0.25) is 4.79 Å². The van der Waals surface area contributed by atoms with Crippen LogP contribution in [0.15, 0.2) is 48.6 Å². The Morgan fingerprint density at radius 3 is 2.63 bits per heavy atom. The maximum atomic E-state index is 13.3. The van der Waals surface area contributed by atoms with Gasteiger partial charge in [0.05, 0.1) is 17.5 Å². The van der Waals surface area contributed by atoms with Crippen LogP contribution < -0.4 is 14.4 Å². The molecule has 2 aliphatic heterocycles. The van der Waals surface area contributed by atoms with Gasteiger partial charge in [0.15, 0.2) is 0 Å². The van der Waals surface area contributed by atoms with Gasteiger partial charge in [-0.2, -0.15) is 0 Å². The third-order valence-electron chi connectivity index (χ3n) is 9.25. The van der Waals surface area contributed by atoms with E-state index in [1.54, 1.807) is 18.2 Å². The number of ether oxygens (including phenoxy) is 1. The Kier molecular flexibility index (Phi) is 8.74. The quantitative estimate of drug-likeness (QED) is 0.374. The topological polar surface area (TPSA) is 95.9 Å². The van der Waals surface area contributed by atoms with Crippen LogP contribution in [0.1, 0.15) is 67.9 Å². The Morgan fingerprint density at radius 2 is 1.88 bits per heavy atom.